The van der Waals surface area contributed by atoms with Crippen LogP contribution in [0, 0.1) is 6.92 Å². The lowest BCUT2D eigenvalue weighted by Gasteiger charge is -2.19. The van der Waals surface area contributed by atoms with Crippen molar-refractivity contribution in [2.24, 2.45) is 0 Å². The fourth-order valence-corrected chi connectivity index (χ4v) is 4.47. The van der Waals surface area contributed by atoms with Crippen molar-refractivity contribution in [3.05, 3.63) is 64.4 Å². The van der Waals surface area contributed by atoms with E-state index in [9.17, 15) is 9.59 Å². The summed E-state index contributed by atoms with van der Waals surface area (Å²) in [4.78, 5) is 30.7. The summed E-state index contributed by atoms with van der Waals surface area (Å²) >= 11 is 1.30. The second-order valence-electron chi connectivity index (χ2n) is 7.53. The molecule has 2 heterocycles. The van der Waals surface area contributed by atoms with E-state index in [1.807, 2.05) is 56.3 Å². The van der Waals surface area contributed by atoms with Crippen molar-refractivity contribution in [1.29, 1.82) is 0 Å². The van der Waals surface area contributed by atoms with Gasteiger partial charge in [0.15, 0.2) is 5.16 Å². The lowest BCUT2D eigenvalue weighted by Crippen LogP contribution is -2.30. The number of rotatable bonds is 6. The minimum atomic E-state index is -0.423. The van der Waals surface area contributed by atoms with Gasteiger partial charge in [0.25, 0.3) is 5.56 Å². The number of aromatic nitrogens is 2. The standard InChI is InChI=1S/C23H25N3O3S/c1-15-8-3-5-11-19(15)24-21(27)16(2)30-23-25-20-12-6-4-10-18(20)22(28)26(23)14-17-9-7-13-29-17/h3-6,8,10-12,16-17H,7,9,13-14H2,1-2H3,(H,24,27)/t16-,17-/m0/s1. The second-order valence-corrected chi connectivity index (χ2v) is 8.83. The monoisotopic (exact) mass is 423 g/mol. The van der Waals surface area contributed by atoms with Gasteiger partial charge in [0.1, 0.15) is 0 Å². The van der Waals surface area contributed by atoms with Gasteiger partial charge in [-0.3, -0.25) is 14.2 Å². The number of anilines is 1. The molecule has 0 unspecified atom stereocenters. The van der Waals surface area contributed by atoms with Crippen molar-refractivity contribution in [2.45, 2.75) is 49.7 Å². The maximum atomic E-state index is 13.2. The topological polar surface area (TPSA) is 73.2 Å². The molecule has 2 aromatic carbocycles. The molecule has 1 saturated heterocycles. The van der Waals surface area contributed by atoms with Crippen LogP contribution < -0.4 is 10.9 Å². The molecule has 1 N–H and O–H groups in total. The van der Waals surface area contributed by atoms with E-state index >= 15 is 0 Å². The van der Waals surface area contributed by atoms with Crippen LogP contribution >= 0.6 is 11.8 Å². The predicted octanol–water partition coefficient (Wildman–Crippen LogP) is 4.00. The molecule has 7 heteroatoms. The zero-order valence-electron chi connectivity index (χ0n) is 17.1. The zero-order valence-corrected chi connectivity index (χ0v) is 17.9. The van der Waals surface area contributed by atoms with E-state index in [0.717, 1.165) is 30.7 Å². The molecule has 0 radical (unpaired) electrons. The van der Waals surface area contributed by atoms with E-state index in [1.165, 1.54) is 11.8 Å². The van der Waals surface area contributed by atoms with Crippen molar-refractivity contribution >= 4 is 34.3 Å². The number of benzene rings is 2. The number of carbonyl (C=O) groups excluding carboxylic acids is 1. The van der Waals surface area contributed by atoms with Gasteiger partial charge >= 0.3 is 0 Å². The molecule has 30 heavy (non-hydrogen) atoms. The number of para-hydroxylation sites is 2. The Hall–Kier alpha value is -2.64. The number of nitrogens with one attached hydrogen (secondary N) is 1. The van der Waals surface area contributed by atoms with Gasteiger partial charge in [0, 0.05) is 12.3 Å². The average Bonchev–Trinajstić information content (AvgIpc) is 3.26. The van der Waals surface area contributed by atoms with Gasteiger partial charge < -0.3 is 10.1 Å². The lowest BCUT2D eigenvalue weighted by atomic mass is 10.2. The molecule has 156 valence electrons. The molecule has 0 saturated carbocycles. The fraction of sp³-hybridized carbons (Fsp3) is 0.348. The number of nitrogens with zero attached hydrogens (tertiary/aromatic N) is 2. The summed E-state index contributed by atoms with van der Waals surface area (Å²) in [5.41, 5.74) is 2.34. The van der Waals surface area contributed by atoms with E-state index < -0.39 is 5.25 Å². The Bertz CT molecular complexity index is 1120. The molecule has 1 fully saturated rings. The van der Waals surface area contributed by atoms with Crippen molar-refractivity contribution in [3.8, 4) is 0 Å². The second kappa shape index (κ2) is 9.02. The summed E-state index contributed by atoms with van der Waals surface area (Å²) in [5, 5.41) is 3.68. The Morgan fingerprint density at radius 1 is 1.27 bits per heavy atom. The number of hydrogen-bond acceptors (Lipinski definition) is 5. The lowest BCUT2D eigenvalue weighted by molar-refractivity contribution is -0.115. The number of ether oxygens (including phenoxy) is 1. The maximum Gasteiger partial charge on any atom is 0.262 e. The van der Waals surface area contributed by atoms with Crippen LogP contribution in [0.15, 0.2) is 58.5 Å². The van der Waals surface area contributed by atoms with Crippen LogP contribution in [0.1, 0.15) is 25.3 Å². The smallest absolute Gasteiger partial charge is 0.262 e. The van der Waals surface area contributed by atoms with Gasteiger partial charge in [-0.25, -0.2) is 4.98 Å². The molecule has 3 aromatic rings. The van der Waals surface area contributed by atoms with Gasteiger partial charge in [0.05, 0.1) is 28.8 Å². The van der Waals surface area contributed by atoms with Crippen LogP contribution in [0.25, 0.3) is 10.9 Å². The van der Waals surface area contributed by atoms with Gasteiger partial charge in [0.2, 0.25) is 5.91 Å². The minimum Gasteiger partial charge on any atom is -0.376 e. The largest absolute Gasteiger partial charge is 0.376 e. The third kappa shape index (κ3) is 4.42. The van der Waals surface area contributed by atoms with Crippen LogP contribution in [-0.2, 0) is 16.1 Å². The molecule has 1 aromatic heterocycles. The van der Waals surface area contributed by atoms with E-state index in [4.69, 9.17) is 9.72 Å². The molecular weight excluding hydrogens is 398 g/mol. The normalized spacial score (nSPS) is 17.2. The van der Waals surface area contributed by atoms with Crippen LogP contribution in [0.3, 0.4) is 0 Å². The predicted molar refractivity (Wildman–Crippen MR) is 120 cm³/mol. The first-order chi connectivity index (χ1) is 14.5. The molecule has 2 atom stereocenters. The zero-order chi connectivity index (χ0) is 21.1. The molecular formula is C23H25N3O3S. The quantitative estimate of drug-likeness (QED) is 0.479. The van der Waals surface area contributed by atoms with Crippen molar-refractivity contribution < 1.29 is 9.53 Å². The third-order valence-electron chi connectivity index (χ3n) is 5.29. The number of hydrogen-bond donors (Lipinski definition) is 1. The van der Waals surface area contributed by atoms with E-state index in [-0.39, 0.29) is 17.6 Å². The Kier molecular flexibility index (Phi) is 6.20. The van der Waals surface area contributed by atoms with Gasteiger partial charge in [-0.05, 0) is 50.5 Å². The third-order valence-corrected chi connectivity index (χ3v) is 6.38. The summed E-state index contributed by atoms with van der Waals surface area (Å²) < 4.78 is 7.41. The highest BCUT2D eigenvalue weighted by atomic mass is 32.2. The molecule has 6 nitrogen and oxygen atoms in total. The van der Waals surface area contributed by atoms with Crippen LogP contribution in [-0.4, -0.2) is 33.4 Å². The molecule has 1 aliphatic heterocycles. The SMILES string of the molecule is Cc1ccccc1NC(=O)[C@H](C)Sc1nc2ccccc2c(=O)n1C[C@@H]1CCCO1. The Morgan fingerprint density at radius 3 is 2.80 bits per heavy atom. The summed E-state index contributed by atoms with van der Waals surface area (Å²) in [6.45, 7) is 4.96. The number of carbonyl (C=O) groups is 1. The minimum absolute atomic E-state index is 0.00103. The highest BCUT2D eigenvalue weighted by Gasteiger charge is 2.23. The molecule has 1 aliphatic rings. The number of fused-ring (bicyclic) bond motifs is 1. The summed E-state index contributed by atoms with van der Waals surface area (Å²) in [5.74, 6) is -0.125. The maximum absolute atomic E-state index is 13.2. The van der Waals surface area contributed by atoms with Crippen molar-refractivity contribution in [1.82, 2.24) is 9.55 Å². The van der Waals surface area contributed by atoms with Crippen LogP contribution in [0.2, 0.25) is 0 Å². The van der Waals surface area contributed by atoms with Crippen molar-refractivity contribution in [3.63, 3.8) is 0 Å². The first-order valence-corrected chi connectivity index (χ1v) is 11.0. The van der Waals surface area contributed by atoms with Crippen LogP contribution in [0.4, 0.5) is 5.69 Å². The fourth-order valence-electron chi connectivity index (χ4n) is 3.55. The first-order valence-electron chi connectivity index (χ1n) is 10.2. The molecule has 0 aliphatic carbocycles. The highest BCUT2D eigenvalue weighted by molar-refractivity contribution is 8.00. The summed E-state index contributed by atoms with van der Waals surface area (Å²) in [7, 11) is 0. The number of aryl methyl sites for hydroxylation is 1. The Labute approximate surface area is 179 Å². The number of amides is 1. The molecule has 0 bridgehead atoms. The van der Waals surface area contributed by atoms with Crippen LogP contribution in [0.5, 0.6) is 0 Å². The van der Waals surface area contributed by atoms with E-state index in [1.54, 1.807) is 10.6 Å². The van der Waals surface area contributed by atoms with Crippen molar-refractivity contribution in [2.75, 3.05) is 11.9 Å². The summed E-state index contributed by atoms with van der Waals surface area (Å²) in [6.07, 6.45) is 1.92. The summed E-state index contributed by atoms with van der Waals surface area (Å²) in [6, 6.07) is 15.0. The van der Waals surface area contributed by atoms with E-state index in [0.29, 0.717) is 22.6 Å². The molecule has 4 rings (SSSR count). The highest BCUT2D eigenvalue weighted by Crippen LogP contribution is 2.25. The molecule has 0 spiro atoms. The van der Waals surface area contributed by atoms with E-state index in [2.05, 4.69) is 5.32 Å². The first kappa shape index (κ1) is 20.6. The Morgan fingerprint density at radius 2 is 2.03 bits per heavy atom. The van der Waals surface area contributed by atoms with Gasteiger partial charge in [-0.15, -0.1) is 0 Å². The molecule has 1 amide bonds. The number of thioether (sulfide) groups is 1. The average molecular weight is 424 g/mol. The Balaban J connectivity index is 1.62. The van der Waals surface area contributed by atoms with Gasteiger partial charge in [-0.1, -0.05) is 42.1 Å². The van der Waals surface area contributed by atoms with Gasteiger partial charge in [-0.2, -0.15) is 0 Å².